The van der Waals surface area contributed by atoms with Gasteiger partial charge >= 0.3 is 0 Å². The van der Waals surface area contributed by atoms with Gasteiger partial charge in [0.1, 0.15) is 5.75 Å². The van der Waals surface area contributed by atoms with Crippen molar-refractivity contribution in [3.63, 3.8) is 0 Å². The summed E-state index contributed by atoms with van der Waals surface area (Å²) in [6.45, 7) is 2.80. The van der Waals surface area contributed by atoms with E-state index in [4.69, 9.17) is 9.26 Å². The summed E-state index contributed by atoms with van der Waals surface area (Å²) >= 11 is 3.35. The monoisotopic (exact) mass is 325 g/mol. The predicted molar refractivity (Wildman–Crippen MR) is 72.1 cm³/mol. The van der Waals surface area contributed by atoms with Crippen LogP contribution in [0, 0.1) is 0 Å². The molecule has 0 saturated carbocycles. The fourth-order valence-corrected chi connectivity index (χ4v) is 2.26. The molecule has 1 fully saturated rings. The van der Waals surface area contributed by atoms with E-state index in [-0.39, 0.29) is 5.75 Å². The van der Waals surface area contributed by atoms with Crippen LogP contribution in [0.2, 0.25) is 0 Å². The molecule has 0 amide bonds. The zero-order valence-corrected chi connectivity index (χ0v) is 11.6. The van der Waals surface area contributed by atoms with Crippen LogP contribution in [0.4, 0.5) is 5.95 Å². The van der Waals surface area contributed by atoms with Crippen LogP contribution >= 0.6 is 15.9 Å². The quantitative estimate of drug-likeness (QED) is 0.911. The molecule has 0 spiro atoms. The van der Waals surface area contributed by atoms with Crippen molar-refractivity contribution in [2.24, 2.45) is 0 Å². The number of nitrogens with zero attached hydrogens (tertiary/aromatic N) is 3. The van der Waals surface area contributed by atoms with Crippen molar-refractivity contribution in [3.05, 3.63) is 22.7 Å². The number of hydrogen-bond acceptors (Lipinski definition) is 6. The molecular weight excluding hydrogens is 314 g/mol. The highest BCUT2D eigenvalue weighted by atomic mass is 79.9. The standard InChI is InChI=1S/C12H12BrN3O3/c13-8-1-2-10(17)9(7-8)11-14-12(15-19-11)16-3-5-18-6-4-16/h1-2,7,17H,3-6H2. The minimum atomic E-state index is 0.111. The number of hydrogen-bond donors (Lipinski definition) is 1. The van der Waals surface area contributed by atoms with E-state index in [0.717, 1.165) is 17.6 Å². The summed E-state index contributed by atoms with van der Waals surface area (Å²) in [5, 5.41) is 13.8. The number of ether oxygens (including phenoxy) is 1. The molecule has 100 valence electrons. The van der Waals surface area contributed by atoms with Crippen molar-refractivity contribution in [3.8, 4) is 17.2 Å². The molecule has 1 aromatic heterocycles. The number of rotatable bonds is 2. The molecule has 0 radical (unpaired) electrons. The first-order valence-electron chi connectivity index (χ1n) is 5.89. The molecule has 0 unspecified atom stereocenters. The summed E-state index contributed by atoms with van der Waals surface area (Å²) in [6.07, 6.45) is 0. The third-order valence-electron chi connectivity index (χ3n) is 2.90. The van der Waals surface area contributed by atoms with Crippen LogP contribution < -0.4 is 4.90 Å². The lowest BCUT2D eigenvalue weighted by Crippen LogP contribution is -2.36. The first kappa shape index (κ1) is 12.4. The van der Waals surface area contributed by atoms with Gasteiger partial charge in [-0.25, -0.2) is 0 Å². The molecule has 0 aliphatic carbocycles. The van der Waals surface area contributed by atoms with Crippen molar-refractivity contribution in [1.82, 2.24) is 10.1 Å². The van der Waals surface area contributed by atoms with Gasteiger partial charge in [0.15, 0.2) is 0 Å². The molecule has 19 heavy (non-hydrogen) atoms. The van der Waals surface area contributed by atoms with Crippen LogP contribution in [-0.2, 0) is 4.74 Å². The van der Waals surface area contributed by atoms with Crippen LogP contribution in [0.3, 0.4) is 0 Å². The Balaban J connectivity index is 1.89. The minimum absolute atomic E-state index is 0.111. The molecule has 7 heteroatoms. The second-order valence-corrected chi connectivity index (χ2v) is 5.08. The van der Waals surface area contributed by atoms with Gasteiger partial charge in [0.05, 0.1) is 18.8 Å². The van der Waals surface area contributed by atoms with E-state index in [2.05, 4.69) is 26.1 Å². The molecule has 0 atom stereocenters. The average molecular weight is 326 g/mol. The SMILES string of the molecule is Oc1ccc(Br)cc1-c1nc(N2CCOCC2)no1. The summed E-state index contributed by atoms with van der Waals surface area (Å²) in [5.41, 5.74) is 0.515. The maximum atomic E-state index is 9.83. The second-order valence-electron chi connectivity index (χ2n) is 4.16. The summed E-state index contributed by atoms with van der Waals surface area (Å²) in [6, 6.07) is 5.07. The van der Waals surface area contributed by atoms with E-state index in [1.807, 2.05) is 4.90 Å². The van der Waals surface area contributed by atoms with E-state index in [9.17, 15) is 5.11 Å². The number of phenolic OH excluding ortho intramolecular Hbond substituents is 1. The predicted octanol–water partition coefficient (Wildman–Crippen LogP) is 2.04. The van der Waals surface area contributed by atoms with Gasteiger partial charge in [-0.05, 0) is 23.4 Å². The first-order chi connectivity index (χ1) is 9.24. The minimum Gasteiger partial charge on any atom is -0.507 e. The van der Waals surface area contributed by atoms with E-state index in [1.54, 1.807) is 18.2 Å². The molecule has 1 saturated heterocycles. The van der Waals surface area contributed by atoms with Crippen molar-refractivity contribution in [2.45, 2.75) is 0 Å². The Labute approximate surface area is 118 Å². The normalized spacial score (nSPS) is 15.7. The van der Waals surface area contributed by atoms with Crippen molar-refractivity contribution in [1.29, 1.82) is 0 Å². The molecule has 2 aromatic rings. The zero-order valence-electron chi connectivity index (χ0n) is 10.0. The summed E-state index contributed by atoms with van der Waals surface area (Å²) in [4.78, 5) is 6.31. The van der Waals surface area contributed by atoms with E-state index in [1.165, 1.54) is 0 Å². The highest BCUT2D eigenvalue weighted by Gasteiger charge is 2.19. The van der Waals surface area contributed by atoms with Gasteiger partial charge in [-0.1, -0.05) is 15.9 Å². The number of benzene rings is 1. The van der Waals surface area contributed by atoms with Gasteiger partial charge in [0.25, 0.3) is 11.8 Å². The third-order valence-corrected chi connectivity index (χ3v) is 3.39. The largest absolute Gasteiger partial charge is 0.507 e. The second kappa shape index (κ2) is 5.18. The zero-order chi connectivity index (χ0) is 13.2. The average Bonchev–Trinajstić information content (AvgIpc) is 2.92. The maximum absolute atomic E-state index is 9.83. The lowest BCUT2D eigenvalue weighted by molar-refractivity contribution is 0.121. The van der Waals surface area contributed by atoms with Crippen LogP contribution in [0.1, 0.15) is 0 Å². The topological polar surface area (TPSA) is 71.6 Å². The number of morpholine rings is 1. The Morgan fingerprint density at radius 1 is 1.26 bits per heavy atom. The van der Waals surface area contributed by atoms with Gasteiger partial charge in [0, 0.05) is 17.6 Å². The Kier molecular flexibility index (Phi) is 3.39. The third kappa shape index (κ3) is 2.57. The molecule has 0 bridgehead atoms. The summed E-state index contributed by atoms with van der Waals surface area (Å²) < 4.78 is 11.3. The van der Waals surface area contributed by atoms with Crippen LogP contribution in [0.25, 0.3) is 11.5 Å². The van der Waals surface area contributed by atoms with Crippen LogP contribution in [-0.4, -0.2) is 41.6 Å². The lowest BCUT2D eigenvalue weighted by Gasteiger charge is -2.24. The van der Waals surface area contributed by atoms with Gasteiger partial charge in [-0.3, -0.25) is 0 Å². The Hall–Kier alpha value is -1.60. The number of aromatic hydroxyl groups is 1. The van der Waals surface area contributed by atoms with Crippen LogP contribution in [0.5, 0.6) is 5.75 Å². The summed E-state index contributed by atoms with van der Waals surface area (Å²) in [5.74, 6) is 0.943. The van der Waals surface area contributed by atoms with Gasteiger partial charge in [0.2, 0.25) is 0 Å². The van der Waals surface area contributed by atoms with E-state index >= 15 is 0 Å². The molecule has 1 aromatic carbocycles. The number of halogens is 1. The van der Waals surface area contributed by atoms with Crippen molar-refractivity contribution < 1.29 is 14.4 Å². The van der Waals surface area contributed by atoms with Gasteiger partial charge < -0.3 is 19.3 Å². The number of aromatic nitrogens is 2. The molecule has 1 aliphatic rings. The maximum Gasteiger partial charge on any atom is 0.266 e. The molecule has 3 rings (SSSR count). The Morgan fingerprint density at radius 2 is 2.05 bits per heavy atom. The first-order valence-corrected chi connectivity index (χ1v) is 6.68. The smallest absolute Gasteiger partial charge is 0.266 e. The summed E-state index contributed by atoms with van der Waals surface area (Å²) in [7, 11) is 0. The number of anilines is 1. The van der Waals surface area contributed by atoms with Crippen LogP contribution in [0.15, 0.2) is 27.2 Å². The fourth-order valence-electron chi connectivity index (χ4n) is 1.90. The highest BCUT2D eigenvalue weighted by Crippen LogP contribution is 2.31. The van der Waals surface area contributed by atoms with Crippen molar-refractivity contribution in [2.75, 3.05) is 31.2 Å². The van der Waals surface area contributed by atoms with E-state index < -0.39 is 0 Å². The Bertz CT molecular complexity index is 581. The highest BCUT2D eigenvalue weighted by molar-refractivity contribution is 9.10. The van der Waals surface area contributed by atoms with Gasteiger partial charge in [-0.2, -0.15) is 4.98 Å². The number of phenols is 1. The van der Waals surface area contributed by atoms with Crippen molar-refractivity contribution >= 4 is 21.9 Å². The molecule has 1 N–H and O–H groups in total. The molecule has 2 heterocycles. The lowest BCUT2D eigenvalue weighted by atomic mass is 10.2. The molecule has 1 aliphatic heterocycles. The molecule has 6 nitrogen and oxygen atoms in total. The Morgan fingerprint density at radius 3 is 2.84 bits per heavy atom. The molecular formula is C12H12BrN3O3. The van der Waals surface area contributed by atoms with E-state index in [0.29, 0.717) is 30.6 Å². The fraction of sp³-hybridized carbons (Fsp3) is 0.333. The van der Waals surface area contributed by atoms with Gasteiger partial charge in [-0.15, -0.1) is 0 Å².